The van der Waals surface area contributed by atoms with Crippen LogP contribution in [0.15, 0.2) is 11.6 Å². The van der Waals surface area contributed by atoms with Crippen molar-refractivity contribution in [3.63, 3.8) is 0 Å². The molecule has 5 aliphatic heterocycles. The maximum Gasteiger partial charge on any atom is 0.317 e. The molecule has 0 radical (unpaired) electrons. The van der Waals surface area contributed by atoms with Gasteiger partial charge in [-0.3, -0.25) is 4.79 Å². The molecule has 9 fully saturated rings. The number of esters is 1. The number of aliphatic hydroxyl groups excluding tert-OH is 15. The minimum atomic E-state index is -1.97. The van der Waals surface area contributed by atoms with E-state index in [-0.39, 0.29) is 42.1 Å². The lowest BCUT2D eigenvalue weighted by Gasteiger charge is -2.72. The van der Waals surface area contributed by atoms with E-state index >= 15 is 4.79 Å². The zero-order valence-electron chi connectivity index (χ0n) is 49.1. The van der Waals surface area contributed by atoms with Crippen molar-refractivity contribution in [3.8, 4) is 0 Å². The van der Waals surface area contributed by atoms with Gasteiger partial charge in [-0.25, -0.2) is 0 Å². The Bertz CT molecular complexity index is 2350. The summed E-state index contributed by atoms with van der Waals surface area (Å²) in [5.74, 6) is -1.40. The van der Waals surface area contributed by atoms with E-state index in [1.807, 2.05) is 6.92 Å². The van der Waals surface area contributed by atoms with Crippen molar-refractivity contribution in [2.24, 2.45) is 50.2 Å². The van der Waals surface area contributed by atoms with Crippen LogP contribution in [0.5, 0.6) is 0 Å². The van der Waals surface area contributed by atoms with E-state index in [0.717, 1.165) is 5.57 Å². The lowest BCUT2D eigenvalue weighted by atomic mass is 9.33. The fourth-order valence-corrected chi connectivity index (χ4v) is 17.5. The molecule has 0 aromatic carbocycles. The number of hydrogen-bond acceptors (Lipinski definition) is 26. The number of allylic oxidation sites excluding steroid dienone is 2. The van der Waals surface area contributed by atoms with Crippen LogP contribution in [0.1, 0.15) is 113 Å². The zero-order valence-corrected chi connectivity index (χ0v) is 49.1. The molecule has 482 valence electrons. The first-order chi connectivity index (χ1) is 39.3. The number of aliphatic hydroxyl groups is 15. The van der Waals surface area contributed by atoms with E-state index < -0.39 is 207 Å². The predicted octanol–water partition coefficient (Wildman–Crippen LogP) is -2.93. The summed E-state index contributed by atoms with van der Waals surface area (Å²) in [6, 6.07) is 0. The van der Waals surface area contributed by atoms with Gasteiger partial charge in [-0.1, -0.05) is 53.2 Å². The van der Waals surface area contributed by atoms with Crippen molar-refractivity contribution in [2.75, 3.05) is 26.4 Å². The zero-order chi connectivity index (χ0) is 61.3. The van der Waals surface area contributed by atoms with Crippen molar-refractivity contribution in [1.82, 2.24) is 0 Å². The highest BCUT2D eigenvalue weighted by atomic mass is 16.8. The van der Waals surface area contributed by atoms with E-state index in [1.54, 1.807) is 0 Å². The van der Waals surface area contributed by atoms with Crippen LogP contribution in [-0.2, 0) is 52.2 Å². The first-order valence-electron chi connectivity index (χ1n) is 30.1. The van der Waals surface area contributed by atoms with Crippen molar-refractivity contribution in [3.05, 3.63) is 11.6 Å². The van der Waals surface area contributed by atoms with Crippen molar-refractivity contribution in [2.45, 2.75) is 267 Å². The molecule has 5 aliphatic carbocycles. The molecule has 33 atom stereocenters. The van der Waals surface area contributed by atoms with Crippen LogP contribution in [0, 0.1) is 50.2 Å². The highest BCUT2D eigenvalue weighted by Gasteiger charge is 2.73. The number of carbonyl (C=O) groups is 1. The van der Waals surface area contributed by atoms with E-state index in [0.29, 0.717) is 44.9 Å². The molecule has 0 amide bonds. The van der Waals surface area contributed by atoms with Crippen LogP contribution in [0.25, 0.3) is 0 Å². The lowest BCUT2D eigenvalue weighted by molar-refractivity contribution is -0.377. The Balaban J connectivity index is 0.848. The number of rotatable bonds is 12. The average molecular weight is 1210 g/mol. The summed E-state index contributed by atoms with van der Waals surface area (Å²) >= 11 is 0. The Kier molecular flexibility index (Phi) is 18.5. The van der Waals surface area contributed by atoms with Gasteiger partial charge in [0.05, 0.1) is 50.8 Å². The molecular formula is C58H94O26. The van der Waals surface area contributed by atoms with E-state index in [2.05, 4.69) is 40.7 Å². The van der Waals surface area contributed by atoms with Gasteiger partial charge in [-0.2, -0.15) is 0 Å². The summed E-state index contributed by atoms with van der Waals surface area (Å²) in [6.07, 6.45) is -31.4. The monoisotopic (exact) mass is 1210 g/mol. The molecule has 0 bridgehead atoms. The number of hydrogen-bond donors (Lipinski definition) is 15. The summed E-state index contributed by atoms with van der Waals surface area (Å²) in [4.78, 5) is 15.4. The molecule has 5 heterocycles. The number of ether oxygens (including phenoxy) is 10. The Hall–Kier alpha value is -1.75. The van der Waals surface area contributed by atoms with Crippen LogP contribution in [0.2, 0.25) is 0 Å². The van der Waals surface area contributed by atoms with Crippen LogP contribution in [0.3, 0.4) is 0 Å². The molecule has 0 spiro atoms. The van der Waals surface area contributed by atoms with Gasteiger partial charge in [0.25, 0.3) is 0 Å². The second-order valence-electron chi connectivity index (χ2n) is 28.1. The number of fused-ring (bicyclic) bond motifs is 7. The molecule has 26 nitrogen and oxygen atoms in total. The highest BCUT2D eigenvalue weighted by molar-refractivity contribution is 5.80. The molecule has 0 aromatic rings. The van der Waals surface area contributed by atoms with Gasteiger partial charge in [0.1, 0.15) is 97.0 Å². The maximum atomic E-state index is 15.4. The Morgan fingerprint density at radius 2 is 1.15 bits per heavy atom. The molecule has 5 saturated heterocycles. The fourth-order valence-electron chi connectivity index (χ4n) is 17.5. The Morgan fingerprint density at radius 1 is 0.560 bits per heavy atom. The van der Waals surface area contributed by atoms with Crippen LogP contribution in [0.4, 0.5) is 0 Å². The normalized spacial score (nSPS) is 55.8. The molecule has 15 N–H and O–H groups in total. The van der Waals surface area contributed by atoms with Gasteiger partial charge in [-0.15, -0.1) is 0 Å². The first-order valence-corrected chi connectivity index (χ1v) is 30.1. The third kappa shape index (κ3) is 10.6. The minimum absolute atomic E-state index is 0.0326. The van der Waals surface area contributed by atoms with Crippen molar-refractivity contribution >= 4 is 5.97 Å². The average Bonchev–Trinajstić information content (AvgIpc) is 0.709. The van der Waals surface area contributed by atoms with E-state index in [9.17, 15) is 76.6 Å². The molecule has 0 unspecified atom stereocenters. The molecule has 10 aliphatic rings. The quantitative estimate of drug-likeness (QED) is 0.0528. The summed E-state index contributed by atoms with van der Waals surface area (Å²) in [6.45, 7) is 14.0. The predicted molar refractivity (Wildman–Crippen MR) is 283 cm³/mol. The molecule has 26 heteroatoms. The summed E-state index contributed by atoms with van der Waals surface area (Å²) in [7, 11) is 0. The van der Waals surface area contributed by atoms with Gasteiger partial charge in [0.15, 0.2) is 31.3 Å². The highest BCUT2D eigenvalue weighted by Crippen LogP contribution is 2.76. The summed E-state index contributed by atoms with van der Waals surface area (Å²) in [5, 5.41) is 165. The SMILES string of the molecule is C[C@@H]1O[C@H](O[C@@H]2[C@@H](O)[C@H](O[C@@H]3[C@@H](O)[C@@H](O)[C@@H](O[C@H]4[C@H](OC(=O)[C@]56CCC(C)(C)C[C@@H]5C5=CC[C@@H]7[C@@]8(C)CC[C@H](O[C@@H]9O[C@H](CO)[C@@H](O)[C@H](O)[C@H]9O)[C@@](C)(CO)[C@@H]8CC[C@@]7(C)[C@]5(C)C[C@H]6O)OC[C@@H](O)[C@@H]4O)O[C@H]3C)OC[C@H]2O)[C@H](O)[C@H](O)[C@H]1O. The summed E-state index contributed by atoms with van der Waals surface area (Å²) < 4.78 is 59.3. The number of carbonyl (C=O) groups excluding carboxylic acids is 1. The van der Waals surface area contributed by atoms with Crippen LogP contribution < -0.4 is 0 Å². The molecular weight excluding hydrogens is 1110 g/mol. The van der Waals surface area contributed by atoms with E-state index in [4.69, 9.17) is 47.4 Å². The van der Waals surface area contributed by atoms with Gasteiger partial charge in [0.2, 0.25) is 6.29 Å². The van der Waals surface area contributed by atoms with Gasteiger partial charge < -0.3 is 124 Å². The standard InChI is InChI=1S/C58H94O26/c1-23-34(64)37(67)40(70)48(77-23)82-45-28(62)21-75-47(43(45)73)81-44-24(2)78-49(42(72)39(44)69)83-46-35(65)27(61)20-76-51(46)84-52(74)58-16-15-53(3,4)17-26(58)25-9-10-31-54(5)13-12-33(80-50-41(71)38(68)36(66)29(19-59)79-50)55(6,22-60)30(54)11-14-56(31,7)57(25,8)18-32(58)63/h9,23-24,26-51,59-73H,10-22H2,1-8H3/t23-,24-,26+,27+,28+,29+,30+,31+,32+,33-,34-,35-,36+,37+,38-,39-,40+,41+,42+,43+,44-,45-,46+,47-,48+,49+,50-,51-,54-,55-,56+,57+,58+/m0/s1. The van der Waals surface area contributed by atoms with Crippen molar-refractivity contribution in [1.29, 1.82) is 0 Å². The molecule has 0 aromatic heterocycles. The smallest absolute Gasteiger partial charge is 0.317 e. The minimum Gasteiger partial charge on any atom is -0.432 e. The van der Waals surface area contributed by atoms with E-state index in [1.165, 1.54) is 13.8 Å². The Labute approximate surface area is 488 Å². The van der Waals surface area contributed by atoms with Gasteiger partial charge in [0, 0.05) is 5.41 Å². The third-order valence-corrected chi connectivity index (χ3v) is 22.8. The topological polar surface area (TPSA) is 413 Å². The Morgan fingerprint density at radius 3 is 1.82 bits per heavy atom. The second kappa shape index (κ2) is 23.8. The third-order valence-electron chi connectivity index (χ3n) is 22.8. The summed E-state index contributed by atoms with van der Waals surface area (Å²) in [5.41, 5.74) is -3.06. The fraction of sp³-hybridized carbons (Fsp3) is 0.948. The largest absolute Gasteiger partial charge is 0.432 e. The second-order valence-corrected chi connectivity index (χ2v) is 28.1. The molecule has 4 saturated carbocycles. The van der Waals surface area contributed by atoms with Gasteiger partial charge >= 0.3 is 5.97 Å². The maximum absolute atomic E-state index is 15.4. The van der Waals surface area contributed by atoms with Crippen LogP contribution >= 0.6 is 0 Å². The van der Waals surface area contributed by atoms with Gasteiger partial charge in [-0.05, 0) is 111 Å². The van der Waals surface area contributed by atoms with Crippen LogP contribution in [-0.4, -0.2) is 263 Å². The molecule has 84 heavy (non-hydrogen) atoms. The first kappa shape index (κ1) is 65.2. The molecule has 10 rings (SSSR count). The van der Waals surface area contributed by atoms with Crippen molar-refractivity contribution < 1.29 is 129 Å². The lowest BCUT2D eigenvalue weighted by Crippen LogP contribution is -2.69.